The van der Waals surface area contributed by atoms with Crippen molar-refractivity contribution in [1.29, 1.82) is 0 Å². The number of likely N-dealkylation sites (N-methyl/N-ethyl adjacent to an activating group) is 1. The highest BCUT2D eigenvalue weighted by Gasteiger charge is 2.36. The van der Waals surface area contributed by atoms with Gasteiger partial charge >= 0.3 is 0 Å². The van der Waals surface area contributed by atoms with Crippen molar-refractivity contribution in [3.63, 3.8) is 0 Å². The van der Waals surface area contributed by atoms with Crippen LogP contribution in [0.15, 0.2) is 36.0 Å². The number of nitrogens with one attached hydrogen (secondary N) is 2. The second-order valence-corrected chi connectivity index (χ2v) is 11.1. The number of fused-ring (bicyclic) bond motifs is 1. The molecule has 2 amide bonds. The van der Waals surface area contributed by atoms with Crippen LogP contribution < -0.4 is 16.4 Å². The van der Waals surface area contributed by atoms with Crippen molar-refractivity contribution in [1.82, 2.24) is 25.4 Å². The lowest BCUT2D eigenvalue weighted by Gasteiger charge is -2.38. The van der Waals surface area contributed by atoms with E-state index < -0.39 is 0 Å². The molecular weight excluding hydrogens is 490 g/mol. The molecule has 5 N–H and O–H groups in total. The molecule has 1 aromatic heterocycles. The van der Waals surface area contributed by atoms with Gasteiger partial charge < -0.3 is 31.4 Å². The number of thiazole rings is 1. The van der Waals surface area contributed by atoms with Gasteiger partial charge in [0.2, 0.25) is 5.91 Å². The Balaban J connectivity index is 1.52. The highest BCUT2D eigenvalue weighted by Crippen LogP contribution is 2.31. The summed E-state index contributed by atoms with van der Waals surface area (Å²) in [5.41, 5.74) is 8.39. The fraction of sp³-hybridized carbons (Fsp3) is 0.462. The third-order valence-electron chi connectivity index (χ3n) is 7.02. The van der Waals surface area contributed by atoms with Crippen molar-refractivity contribution in [3.8, 4) is 0 Å². The van der Waals surface area contributed by atoms with Crippen molar-refractivity contribution < 1.29 is 14.8 Å². The number of amidine groups is 1. The molecule has 0 spiro atoms. The number of aromatic nitrogens is 1. The van der Waals surface area contributed by atoms with Gasteiger partial charge in [0.25, 0.3) is 5.91 Å². The Morgan fingerprint density at radius 1 is 1.24 bits per heavy atom. The van der Waals surface area contributed by atoms with E-state index in [1.54, 1.807) is 54.6 Å². The van der Waals surface area contributed by atoms with Gasteiger partial charge in [-0.15, -0.1) is 11.3 Å². The van der Waals surface area contributed by atoms with E-state index in [0.29, 0.717) is 36.1 Å². The van der Waals surface area contributed by atoms with E-state index in [1.165, 1.54) is 4.88 Å². The lowest BCUT2D eigenvalue weighted by Crippen LogP contribution is -2.54. The summed E-state index contributed by atoms with van der Waals surface area (Å²) in [5, 5.41) is 19.5. The minimum absolute atomic E-state index is 0.0643. The first-order valence-corrected chi connectivity index (χ1v) is 13.2. The van der Waals surface area contributed by atoms with Crippen molar-refractivity contribution in [2.45, 2.75) is 44.3 Å². The van der Waals surface area contributed by atoms with Crippen molar-refractivity contribution in [3.05, 3.63) is 57.6 Å². The van der Waals surface area contributed by atoms with Crippen LogP contribution in [0.1, 0.15) is 50.8 Å². The largest absolute Gasteiger partial charge is 0.409 e. The number of rotatable bonds is 7. The molecule has 1 saturated carbocycles. The molecule has 0 bridgehead atoms. The Morgan fingerprint density at radius 3 is 2.73 bits per heavy atom. The van der Waals surface area contributed by atoms with E-state index in [4.69, 9.17) is 15.9 Å². The third kappa shape index (κ3) is 6.11. The molecule has 1 unspecified atom stereocenters. The highest BCUT2D eigenvalue weighted by molar-refractivity contribution is 7.12. The summed E-state index contributed by atoms with van der Waals surface area (Å²) < 4.78 is 0. The van der Waals surface area contributed by atoms with Gasteiger partial charge in [-0.3, -0.25) is 9.59 Å². The predicted octanol–water partition coefficient (Wildman–Crippen LogP) is 1.84. The lowest BCUT2D eigenvalue weighted by molar-refractivity contribution is -0.134. The van der Waals surface area contributed by atoms with E-state index in [-0.39, 0.29) is 35.7 Å². The van der Waals surface area contributed by atoms with Crippen LogP contribution in [0.25, 0.3) is 5.70 Å². The monoisotopic (exact) mass is 525 g/mol. The van der Waals surface area contributed by atoms with Gasteiger partial charge in [0, 0.05) is 67.6 Å². The Hall–Kier alpha value is -3.44. The number of hydrogen-bond donors (Lipinski definition) is 4. The fourth-order valence-electron chi connectivity index (χ4n) is 4.96. The van der Waals surface area contributed by atoms with Gasteiger partial charge in [0.1, 0.15) is 5.01 Å². The Morgan fingerprint density at radius 2 is 2.00 bits per heavy atom. The zero-order valence-electron chi connectivity index (χ0n) is 21.5. The summed E-state index contributed by atoms with van der Waals surface area (Å²) in [6.45, 7) is 6.13. The van der Waals surface area contributed by atoms with Gasteiger partial charge in [-0.2, -0.15) is 0 Å². The smallest absolute Gasteiger partial charge is 0.251 e. The number of carbonyl (C=O) groups is 2. The lowest BCUT2D eigenvalue weighted by atomic mass is 9.81. The predicted molar refractivity (Wildman–Crippen MR) is 144 cm³/mol. The minimum atomic E-state index is -0.264. The van der Waals surface area contributed by atoms with Crippen LogP contribution in [0.5, 0.6) is 0 Å². The van der Waals surface area contributed by atoms with E-state index in [9.17, 15) is 9.59 Å². The molecule has 0 saturated heterocycles. The first-order valence-electron chi connectivity index (χ1n) is 12.4. The van der Waals surface area contributed by atoms with Crippen molar-refractivity contribution >= 4 is 34.7 Å². The first-order chi connectivity index (χ1) is 17.7. The van der Waals surface area contributed by atoms with E-state index in [0.717, 1.165) is 30.2 Å². The number of carbonyl (C=O) groups excluding carboxylic acids is 2. The number of hydrogen-bond acceptors (Lipinski definition) is 8. The van der Waals surface area contributed by atoms with Gasteiger partial charge in [-0.05, 0) is 38.4 Å². The average Bonchev–Trinajstić information content (AvgIpc) is 3.32. The molecule has 1 aliphatic carbocycles. The van der Waals surface area contributed by atoms with E-state index in [1.807, 2.05) is 0 Å². The SMILES string of the molecule is C=C(N[C@@H]1CC(C(=O)N(C)C)CC[C@@H]1NC(=O)c1cccc(/C(N)=N/O)c1)c1nc2c(s1)CN(C)CC2. The van der Waals surface area contributed by atoms with Crippen molar-refractivity contribution in [2.24, 2.45) is 16.8 Å². The molecule has 3 atom stereocenters. The molecule has 37 heavy (non-hydrogen) atoms. The van der Waals surface area contributed by atoms with Gasteiger partial charge in [0.15, 0.2) is 5.84 Å². The standard InChI is InChI=1S/C26H35N7O3S/c1-15(25-30-20-10-11-33(4)14-22(20)37-25)28-21-13-18(26(35)32(2)3)8-9-19(21)29-24(34)17-7-5-6-16(12-17)23(27)31-36/h5-7,12,18-19,21,28,36H,1,8-11,13-14H2,2-4H3,(H2,27,31)(H,29,34)/t18?,19-,21+/m0/s1. The fourth-order valence-corrected chi connectivity index (χ4v) is 6.08. The summed E-state index contributed by atoms with van der Waals surface area (Å²) in [6.07, 6.45) is 2.80. The number of nitrogens with zero attached hydrogens (tertiary/aromatic N) is 4. The maximum absolute atomic E-state index is 13.2. The molecule has 0 radical (unpaired) electrons. The van der Waals surface area contributed by atoms with Crippen LogP contribution in [-0.4, -0.2) is 77.4 Å². The Labute approximate surface area is 221 Å². The minimum Gasteiger partial charge on any atom is -0.409 e. The number of nitrogens with two attached hydrogens (primary N) is 1. The molecule has 4 rings (SSSR count). The second-order valence-electron chi connectivity index (χ2n) is 9.99. The average molecular weight is 526 g/mol. The van der Waals surface area contributed by atoms with Crippen molar-refractivity contribution in [2.75, 3.05) is 27.7 Å². The van der Waals surface area contributed by atoms with Gasteiger partial charge in [-0.1, -0.05) is 23.9 Å². The summed E-state index contributed by atoms with van der Waals surface area (Å²) in [6, 6.07) is 6.21. The maximum Gasteiger partial charge on any atom is 0.251 e. The van der Waals surface area contributed by atoms with E-state index >= 15 is 0 Å². The highest BCUT2D eigenvalue weighted by atomic mass is 32.1. The molecule has 2 aliphatic rings. The molecule has 198 valence electrons. The molecule has 10 nitrogen and oxygen atoms in total. The normalized spacial score (nSPS) is 22.1. The van der Waals surface area contributed by atoms with Crippen LogP contribution in [0.2, 0.25) is 0 Å². The number of amides is 2. The molecular formula is C26H35N7O3S. The summed E-state index contributed by atoms with van der Waals surface area (Å²) in [7, 11) is 5.64. The summed E-state index contributed by atoms with van der Waals surface area (Å²) in [5.74, 6) is -0.387. The Bertz CT molecular complexity index is 1210. The third-order valence-corrected chi connectivity index (χ3v) is 8.17. The topological polar surface area (TPSA) is 136 Å². The maximum atomic E-state index is 13.2. The van der Waals surface area contributed by atoms with Gasteiger partial charge in [0.05, 0.1) is 11.4 Å². The van der Waals surface area contributed by atoms with Crippen LogP contribution in [0.4, 0.5) is 0 Å². The van der Waals surface area contributed by atoms with Crippen LogP contribution >= 0.6 is 11.3 Å². The molecule has 1 aromatic carbocycles. The molecule has 2 heterocycles. The van der Waals surface area contributed by atoms with Crippen LogP contribution in [-0.2, 0) is 17.8 Å². The number of oxime groups is 1. The first kappa shape index (κ1) is 26.6. The molecule has 1 fully saturated rings. The quantitative estimate of drug-likeness (QED) is 0.187. The molecule has 1 aliphatic heterocycles. The zero-order valence-corrected chi connectivity index (χ0v) is 22.3. The summed E-state index contributed by atoms with van der Waals surface area (Å²) >= 11 is 1.65. The number of benzene rings is 1. The van der Waals surface area contributed by atoms with Crippen LogP contribution in [0, 0.1) is 5.92 Å². The van der Waals surface area contributed by atoms with E-state index in [2.05, 4.69) is 34.3 Å². The molecule has 11 heteroatoms. The zero-order chi connectivity index (χ0) is 26.7. The Kier molecular flexibility index (Phi) is 8.13. The van der Waals surface area contributed by atoms with Crippen LogP contribution in [0.3, 0.4) is 0 Å². The summed E-state index contributed by atoms with van der Waals surface area (Å²) in [4.78, 5) is 35.9. The second kappa shape index (κ2) is 11.3. The molecule has 2 aromatic rings. The van der Waals surface area contributed by atoms with Gasteiger partial charge in [-0.25, -0.2) is 4.98 Å².